The number of hydrogen-bond donors (Lipinski definition) is 0. The molecule has 3 rings (SSSR count). The summed E-state index contributed by atoms with van der Waals surface area (Å²) in [6, 6.07) is 12.8. The van der Waals surface area contributed by atoms with E-state index in [1.165, 1.54) is 24.3 Å². The fourth-order valence-corrected chi connectivity index (χ4v) is 7.65. The molecule has 0 unspecified atom stereocenters. The summed E-state index contributed by atoms with van der Waals surface area (Å²) in [5.41, 5.74) is -0.555. The molecule has 0 saturated carbocycles. The minimum absolute atomic E-state index is 0. The molecule has 0 saturated heterocycles. The first-order valence-corrected chi connectivity index (χ1v) is 10.9. The Kier molecular flexibility index (Phi) is 9.26. The summed E-state index contributed by atoms with van der Waals surface area (Å²) in [5, 5.41) is 1.20. The van der Waals surface area contributed by atoms with Crippen molar-refractivity contribution in [2.45, 2.75) is 51.9 Å². The van der Waals surface area contributed by atoms with E-state index in [2.05, 4.69) is 41.5 Å². The molecule has 3 aromatic carbocycles. The third-order valence-corrected chi connectivity index (χ3v) is 7.93. The van der Waals surface area contributed by atoms with Crippen LogP contribution in [0.3, 0.4) is 0 Å². The average molecular weight is 496 g/mol. The summed E-state index contributed by atoms with van der Waals surface area (Å²) in [5.74, 6) is -6.56. The van der Waals surface area contributed by atoms with Gasteiger partial charge in [0.2, 0.25) is 0 Å². The molecule has 0 aliphatic rings. The molecule has 7 heteroatoms. The Balaban J connectivity index is 0.000000300. The first-order valence-electron chi connectivity index (χ1n) is 9.52. The molecule has 0 radical (unpaired) electrons. The van der Waals surface area contributed by atoms with Crippen molar-refractivity contribution in [1.29, 1.82) is 0 Å². The summed E-state index contributed by atoms with van der Waals surface area (Å²) >= 11 is 0. The molecular formula is C24H26F5FeP. The second kappa shape index (κ2) is 10.4. The van der Waals surface area contributed by atoms with Crippen LogP contribution >= 0.6 is 7.92 Å². The Morgan fingerprint density at radius 1 is 0.677 bits per heavy atom. The van der Waals surface area contributed by atoms with Gasteiger partial charge in [-0.05, 0) is 15.9 Å². The zero-order valence-corrected chi connectivity index (χ0v) is 20.3. The molecular weight excluding hydrogens is 470 g/mol. The summed E-state index contributed by atoms with van der Waals surface area (Å²) < 4.78 is 65.3. The Morgan fingerprint density at radius 3 is 1.48 bits per heavy atom. The van der Waals surface area contributed by atoms with Crippen LogP contribution in [-0.2, 0) is 17.1 Å². The van der Waals surface area contributed by atoms with Crippen LogP contribution in [0.1, 0.15) is 41.5 Å². The Hall–Kier alpha value is -1.48. The Bertz CT molecular complexity index is 939. The van der Waals surface area contributed by atoms with Gasteiger partial charge in [0.15, 0.2) is 0 Å². The number of hydrogen-bond acceptors (Lipinski definition) is 0. The standard InChI is InChI=1S/C13H21FP.C11H5F4.Fe/c1-12(2,3)15(13(4,5)6)11-9-7-8-10(11)14;12-8-7(6-4-2-1-3-5-6)9(13)11(15)10(8)14;/h7-9H,1-6H3;1-5H;/q2*-1;+2. The topological polar surface area (TPSA) is 0 Å². The summed E-state index contributed by atoms with van der Waals surface area (Å²) in [6.45, 7) is 13.2. The van der Waals surface area contributed by atoms with Gasteiger partial charge in [0.1, 0.15) is 11.6 Å². The minimum Gasteiger partial charge on any atom is -0.255 e. The molecule has 0 bridgehead atoms. The normalized spacial score (nSPS) is 11.7. The van der Waals surface area contributed by atoms with Gasteiger partial charge < -0.3 is 0 Å². The summed E-state index contributed by atoms with van der Waals surface area (Å²) in [7, 11) is -0.497. The van der Waals surface area contributed by atoms with Crippen LogP contribution in [0.15, 0.2) is 48.5 Å². The first-order chi connectivity index (χ1) is 13.8. The van der Waals surface area contributed by atoms with Gasteiger partial charge in [-0.15, -0.1) is 25.6 Å². The van der Waals surface area contributed by atoms with Gasteiger partial charge in [0.05, 0.1) is 11.6 Å². The van der Waals surface area contributed by atoms with Crippen LogP contribution in [0.2, 0.25) is 0 Å². The van der Waals surface area contributed by atoms with E-state index in [4.69, 9.17) is 0 Å². The van der Waals surface area contributed by atoms with Crippen molar-refractivity contribution in [2.75, 3.05) is 0 Å². The van der Waals surface area contributed by atoms with Crippen molar-refractivity contribution >= 4 is 13.2 Å². The van der Waals surface area contributed by atoms with Gasteiger partial charge in [0.25, 0.3) is 0 Å². The zero-order valence-electron chi connectivity index (χ0n) is 18.3. The van der Waals surface area contributed by atoms with Crippen molar-refractivity contribution in [3.8, 4) is 11.1 Å². The summed E-state index contributed by atoms with van der Waals surface area (Å²) in [6.07, 6.45) is 0. The van der Waals surface area contributed by atoms with Gasteiger partial charge in [-0.3, -0.25) is 8.78 Å². The van der Waals surface area contributed by atoms with E-state index in [1.807, 2.05) is 12.1 Å². The van der Waals surface area contributed by atoms with E-state index in [9.17, 15) is 22.0 Å². The molecule has 0 aliphatic carbocycles. The maximum atomic E-state index is 13.7. The number of benzene rings is 1. The van der Waals surface area contributed by atoms with Crippen LogP contribution in [0, 0.1) is 29.1 Å². The van der Waals surface area contributed by atoms with Gasteiger partial charge >= 0.3 is 17.1 Å². The molecule has 0 atom stereocenters. The van der Waals surface area contributed by atoms with E-state index >= 15 is 0 Å². The molecule has 0 spiro atoms. The molecule has 0 amide bonds. The van der Waals surface area contributed by atoms with E-state index in [0.717, 1.165) is 5.30 Å². The Morgan fingerprint density at radius 2 is 1.13 bits per heavy atom. The molecule has 0 nitrogen and oxygen atoms in total. The van der Waals surface area contributed by atoms with E-state index in [1.54, 1.807) is 12.1 Å². The zero-order chi connectivity index (χ0) is 22.9. The molecule has 3 aromatic rings. The molecule has 0 aromatic heterocycles. The third-order valence-electron chi connectivity index (χ3n) is 4.40. The monoisotopic (exact) mass is 496 g/mol. The average Bonchev–Trinajstić information content (AvgIpc) is 3.11. The molecule has 0 heterocycles. The fraction of sp³-hybridized carbons (Fsp3) is 0.333. The molecule has 0 aliphatic heterocycles. The maximum absolute atomic E-state index is 13.7. The van der Waals surface area contributed by atoms with Crippen LogP contribution in [0.5, 0.6) is 0 Å². The SMILES string of the molecule is CC(C)(C)P([c-]1cccc1F)C(C)(C)C.Fc1c(F)c(F)[c-](-c2ccccc2)c1F.[Fe+2]. The second-order valence-electron chi connectivity index (χ2n) is 8.93. The van der Waals surface area contributed by atoms with Gasteiger partial charge in [-0.25, -0.2) is 19.2 Å². The van der Waals surface area contributed by atoms with Crippen LogP contribution < -0.4 is 5.30 Å². The predicted molar refractivity (Wildman–Crippen MR) is 115 cm³/mol. The smallest absolute Gasteiger partial charge is 0.255 e. The maximum Gasteiger partial charge on any atom is 2.00 e. The van der Waals surface area contributed by atoms with Gasteiger partial charge in [-0.1, -0.05) is 65.0 Å². The quantitative estimate of drug-likeness (QED) is 0.147. The third kappa shape index (κ3) is 6.28. The molecule has 0 N–H and O–H groups in total. The van der Waals surface area contributed by atoms with Crippen molar-refractivity contribution in [1.82, 2.24) is 0 Å². The van der Waals surface area contributed by atoms with E-state index < -0.39 is 36.8 Å². The van der Waals surface area contributed by atoms with Crippen molar-refractivity contribution in [2.24, 2.45) is 0 Å². The van der Waals surface area contributed by atoms with Crippen molar-refractivity contribution in [3.63, 3.8) is 0 Å². The first kappa shape index (κ1) is 27.6. The number of halogens is 5. The Labute approximate surface area is 192 Å². The van der Waals surface area contributed by atoms with E-state index in [-0.39, 0.29) is 38.8 Å². The molecule has 0 fully saturated rings. The second-order valence-corrected chi connectivity index (χ2v) is 12.8. The van der Waals surface area contributed by atoms with E-state index in [0.29, 0.717) is 0 Å². The van der Waals surface area contributed by atoms with Crippen molar-refractivity contribution in [3.05, 3.63) is 77.6 Å². The van der Waals surface area contributed by atoms with Crippen LogP contribution in [0.25, 0.3) is 11.1 Å². The minimum atomic E-state index is -1.77. The number of rotatable bonds is 2. The largest absolute Gasteiger partial charge is 2.00 e. The molecule has 170 valence electrons. The fourth-order valence-electron chi connectivity index (χ4n) is 3.67. The summed E-state index contributed by atoms with van der Waals surface area (Å²) in [4.78, 5) is 0. The molecule has 31 heavy (non-hydrogen) atoms. The van der Waals surface area contributed by atoms with Crippen LogP contribution in [0.4, 0.5) is 22.0 Å². The van der Waals surface area contributed by atoms with Crippen LogP contribution in [-0.4, -0.2) is 10.3 Å². The predicted octanol–water partition coefficient (Wildman–Crippen LogP) is 7.88. The van der Waals surface area contributed by atoms with Crippen molar-refractivity contribution < 1.29 is 39.0 Å². The van der Waals surface area contributed by atoms with Gasteiger partial charge in [0, 0.05) is 5.82 Å². The van der Waals surface area contributed by atoms with Gasteiger partial charge in [-0.2, -0.15) is 12.1 Å².